The first-order chi connectivity index (χ1) is 24.2. The molecule has 280 valence electrons. The summed E-state index contributed by atoms with van der Waals surface area (Å²) in [5, 5.41) is 11.1. The maximum absolute atomic E-state index is 14.0. The van der Waals surface area contributed by atoms with Crippen molar-refractivity contribution in [2.45, 2.75) is 48.4 Å². The Kier molecular flexibility index (Phi) is 15.0. The summed E-state index contributed by atoms with van der Waals surface area (Å²) >= 11 is 1.59. The first-order valence-corrected chi connectivity index (χ1v) is 18.4. The third kappa shape index (κ3) is 9.30. The van der Waals surface area contributed by atoms with E-state index in [1.165, 1.54) is 24.3 Å². The van der Waals surface area contributed by atoms with Crippen LogP contribution in [0.5, 0.6) is 5.75 Å². The smallest absolute Gasteiger partial charge is 0.248 e. The van der Waals surface area contributed by atoms with Gasteiger partial charge < -0.3 is 19.6 Å². The predicted octanol–water partition coefficient (Wildman–Crippen LogP) is 8.40. The van der Waals surface area contributed by atoms with E-state index >= 15 is 0 Å². The number of β-amino-alcohol motifs (C(OH)–C–C–N with tert-alkyl or cyclic N) is 1. The van der Waals surface area contributed by atoms with Crippen molar-refractivity contribution in [1.82, 2.24) is 9.80 Å². The molecule has 2 aliphatic heterocycles. The second kappa shape index (κ2) is 18.7. The molecule has 0 bridgehead atoms. The summed E-state index contributed by atoms with van der Waals surface area (Å²) < 4.78 is 32.7. The minimum absolute atomic E-state index is 0. The number of carbonyl (C=O) groups is 1. The molecular formula is C41H49Cl2F2N3O3S. The van der Waals surface area contributed by atoms with Crippen molar-refractivity contribution >= 4 is 48.2 Å². The number of benzene rings is 4. The number of ether oxygens (including phenoxy) is 1. The minimum atomic E-state index is -0.862. The van der Waals surface area contributed by atoms with Crippen molar-refractivity contribution in [3.8, 4) is 5.75 Å². The number of para-hydroxylation sites is 2. The van der Waals surface area contributed by atoms with E-state index in [9.17, 15) is 18.7 Å². The van der Waals surface area contributed by atoms with Crippen LogP contribution in [0.15, 0.2) is 102 Å². The van der Waals surface area contributed by atoms with Crippen molar-refractivity contribution in [1.29, 1.82) is 0 Å². The third-order valence-corrected chi connectivity index (χ3v) is 11.9. The molecule has 2 heterocycles. The Labute approximate surface area is 323 Å². The van der Waals surface area contributed by atoms with E-state index in [0.29, 0.717) is 12.3 Å². The zero-order valence-electron chi connectivity index (χ0n) is 29.9. The molecule has 0 aromatic heterocycles. The van der Waals surface area contributed by atoms with Gasteiger partial charge in [0.15, 0.2) is 0 Å². The van der Waals surface area contributed by atoms with Gasteiger partial charge in [-0.25, -0.2) is 8.78 Å². The van der Waals surface area contributed by atoms with E-state index in [4.69, 9.17) is 4.74 Å². The number of hydrogen-bond acceptors (Lipinski definition) is 6. The van der Waals surface area contributed by atoms with Gasteiger partial charge >= 0.3 is 0 Å². The molecule has 2 unspecified atom stereocenters. The van der Waals surface area contributed by atoms with Crippen molar-refractivity contribution in [3.63, 3.8) is 0 Å². The third-order valence-electron chi connectivity index (χ3n) is 10.1. The van der Waals surface area contributed by atoms with Crippen LogP contribution in [0.3, 0.4) is 0 Å². The van der Waals surface area contributed by atoms with E-state index in [1.54, 1.807) is 16.7 Å². The lowest BCUT2D eigenvalue weighted by Crippen LogP contribution is -2.50. The molecule has 52 heavy (non-hydrogen) atoms. The van der Waals surface area contributed by atoms with Gasteiger partial charge in [-0.1, -0.05) is 68.4 Å². The van der Waals surface area contributed by atoms with Gasteiger partial charge in [0.2, 0.25) is 5.91 Å². The second-order valence-corrected chi connectivity index (χ2v) is 15.0. The maximum Gasteiger partial charge on any atom is 0.248 e. The number of likely N-dealkylation sites (N-methyl/N-ethyl adjacent to an activating group) is 1. The molecule has 6 nitrogen and oxygen atoms in total. The highest BCUT2D eigenvalue weighted by atomic mass is 35.5. The molecule has 1 N–H and O–H groups in total. The Hall–Kier alpha value is -3.18. The highest BCUT2D eigenvalue weighted by Gasteiger charge is 2.51. The summed E-state index contributed by atoms with van der Waals surface area (Å²) in [5.74, 6) is 0.170. The van der Waals surface area contributed by atoms with Crippen LogP contribution in [-0.4, -0.2) is 79.8 Å². The summed E-state index contributed by atoms with van der Waals surface area (Å²) in [4.78, 5) is 21.6. The molecule has 6 rings (SSSR count). The van der Waals surface area contributed by atoms with Gasteiger partial charge in [-0.2, -0.15) is 0 Å². The molecule has 0 aliphatic carbocycles. The van der Waals surface area contributed by atoms with Crippen molar-refractivity contribution in [2.24, 2.45) is 5.92 Å². The van der Waals surface area contributed by atoms with E-state index in [-0.39, 0.29) is 60.8 Å². The number of anilines is 1. The average molecular weight is 773 g/mol. The number of thioether (sulfide) groups is 1. The van der Waals surface area contributed by atoms with Crippen molar-refractivity contribution < 1.29 is 23.4 Å². The summed E-state index contributed by atoms with van der Waals surface area (Å²) in [7, 11) is 1.84. The standard InChI is InChI=1S/C41H47F2N3O3S.2ClH/c1-29(2)41(40(48)44(3)37-11-5-7-13-39(37)50-41)36-10-4-6-12-38(36)49-28-34(47)27-46-25-23-45(24-26-46)22-8-9-35(30-14-18-32(42)19-15-30)31-16-20-33(43)21-17-31;;/h4-7,10-21,29,34-35,47H,8-9,22-28H2,1-3H3;2*1H. The molecule has 1 fully saturated rings. The van der Waals surface area contributed by atoms with E-state index in [1.807, 2.05) is 73.8 Å². The average Bonchev–Trinajstić information content (AvgIpc) is 3.12. The van der Waals surface area contributed by atoms with Gasteiger partial charge in [-0.15, -0.1) is 36.6 Å². The van der Waals surface area contributed by atoms with Crippen LogP contribution in [0.25, 0.3) is 0 Å². The lowest BCUT2D eigenvalue weighted by Gasteiger charge is -2.44. The van der Waals surface area contributed by atoms with E-state index in [0.717, 1.165) is 72.8 Å². The quantitative estimate of drug-likeness (QED) is 0.148. The summed E-state index contributed by atoms with van der Waals surface area (Å²) in [6.45, 7) is 9.22. The number of rotatable bonds is 13. The van der Waals surface area contributed by atoms with Crippen LogP contribution < -0.4 is 9.64 Å². The molecule has 1 saturated heterocycles. The number of nitrogens with zero attached hydrogens (tertiary/aromatic N) is 3. The van der Waals surface area contributed by atoms with Crippen molar-refractivity contribution in [2.75, 3.05) is 57.8 Å². The molecule has 0 radical (unpaired) electrons. The Morgan fingerprint density at radius 1 is 0.808 bits per heavy atom. The summed E-state index contributed by atoms with van der Waals surface area (Å²) in [5.41, 5.74) is 3.80. The monoisotopic (exact) mass is 771 g/mol. The largest absolute Gasteiger partial charge is 0.490 e. The summed E-state index contributed by atoms with van der Waals surface area (Å²) in [6.07, 6.45) is 1.14. The zero-order valence-corrected chi connectivity index (χ0v) is 32.4. The fraction of sp³-hybridized carbons (Fsp3) is 0.390. The Morgan fingerprint density at radius 2 is 1.37 bits per heavy atom. The Morgan fingerprint density at radius 3 is 1.98 bits per heavy atom. The Bertz CT molecular complexity index is 1700. The van der Waals surface area contributed by atoms with Crippen LogP contribution >= 0.6 is 36.6 Å². The highest BCUT2D eigenvalue weighted by molar-refractivity contribution is 8.01. The van der Waals surface area contributed by atoms with E-state index in [2.05, 4.69) is 29.7 Å². The van der Waals surface area contributed by atoms with Crippen LogP contribution in [0, 0.1) is 17.6 Å². The van der Waals surface area contributed by atoms with Crippen molar-refractivity contribution in [3.05, 3.63) is 125 Å². The number of piperazine rings is 1. The number of aliphatic hydroxyl groups excluding tert-OH is 1. The molecule has 0 saturated carbocycles. The SMILES string of the molecule is CC(C)C1(c2ccccc2OCC(O)CN2CCN(CCCC(c3ccc(F)cc3)c3ccc(F)cc3)CC2)Sc2ccccc2N(C)C1=O.Cl.Cl. The van der Waals surface area contributed by atoms with Gasteiger partial charge in [-0.05, 0) is 78.9 Å². The normalized spacial score (nSPS) is 18.5. The Balaban J connectivity index is 0.00000302. The van der Waals surface area contributed by atoms with Gasteiger partial charge in [0.25, 0.3) is 0 Å². The maximum atomic E-state index is 14.0. The minimum Gasteiger partial charge on any atom is -0.490 e. The molecular weight excluding hydrogens is 723 g/mol. The van der Waals surface area contributed by atoms with Gasteiger partial charge in [0.05, 0.1) is 5.69 Å². The molecule has 2 aliphatic rings. The molecule has 11 heteroatoms. The van der Waals surface area contributed by atoms with Gasteiger partial charge in [-0.3, -0.25) is 9.69 Å². The molecule has 4 aromatic carbocycles. The van der Waals surface area contributed by atoms with Gasteiger partial charge in [0.1, 0.15) is 34.8 Å². The number of carbonyl (C=O) groups excluding carboxylic acids is 1. The van der Waals surface area contributed by atoms with Gasteiger partial charge in [0, 0.05) is 56.1 Å². The second-order valence-electron chi connectivity index (χ2n) is 13.7. The predicted molar refractivity (Wildman–Crippen MR) is 211 cm³/mol. The summed E-state index contributed by atoms with van der Waals surface area (Å²) in [6, 6.07) is 29.0. The number of halogens is 4. The molecule has 0 spiro atoms. The number of fused-ring (bicyclic) bond motifs is 1. The van der Waals surface area contributed by atoms with Crippen LogP contribution in [0.4, 0.5) is 14.5 Å². The van der Waals surface area contributed by atoms with Crippen LogP contribution in [-0.2, 0) is 9.54 Å². The first kappa shape index (κ1) is 41.6. The van der Waals surface area contributed by atoms with Crippen LogP contribution in [0.2, 0.25) is 0 Å². The van der Waals surface area contributed by atoms with E-state index < -0.39 is 10.9 Å². The number of amides is 1. The zero-order chi connectivity index (χ0) is 35.3. The molecule has 4 aromatic rings. The fourth-order valence-corrected chi connectivity index (χ4v) is 8.85. The molecule has 1 amide bonds. The highest BCUT2D eigenvalue weighted by Crippen LogP contribution is 2.56. The fourth-order valence-electron chi connectivity index (χ4n) is 7.31. The lowest BCUT2D eigenvalue weighted by atomic mass is 9.85. The topological polar surface area (TPSA) is 56.3 Å². The first-order valence-electron chi connectivity index (χ1n) is 17.6. The molecule has 2 atom stereocenters. The number of hydrogen-bond donors (Lipinski definition) is 1. The van der Waals surface area contributed by atoms with Crippen LogP contribution in [0.1, 0.15) is 49.3 Å². The lowest BCUT2D eigenvalue weighted by molar-refractivity contribution is -0.122. The number of aliphatic hydroxyl groups is 1.